The summed E-state index contributed by atoms with van der Waals surface area (Å²) in [6.45, 7) is 8.22. The number of aryl methyl sites for hydroxylation is 2. The van der Waals surface area contributed by atoms with Crippen LogP contribution in [0.3, 0.4) is 0 Å². The van der Waals surface area contributed by atoms with Gasteiger partial charge in [-0.1, -0.05) is 13.8 Å². The topological polar surface area (TPSA) is 43.8 Å². The van der Waals surface area contributed by atoms with E-state index in [0.717, 1.165) is 38.0 Å². The Hall–Kier alpha value is -0.350. The maximum atomic E-state index is 5.59. The Balaban J connectivity index is 2.88. The predicted molar refractivity (Wildman–Crippen MR) is 71.5 cm³/mol. The third kappa shape index (κ3) is 3.08. The first kappa shape index (κ1) is 13.7. The molecule has 2 N–H and O–H groups in total. The zero-order valence-electron chi connectivity index (χ0n) is 10.5. The summed E-state index contributed by atoms with van der Waals surface area (Å²) in [6, 6.07) is 0. The van der Waals surface area contributed by atoms with Crippen molar-refractivity contribution in [2.75, 3.05) is 6.54 Å². The van der Waals surface area contributed by atoms with Gasteiger partial charge >= 0.3 is 0 Å². The third-order valence-electron chi connectivity index (χ3n) is 2.90. The molecule has 0 saturated carbocycles. The van der Waals surface area contributed by atoms with Gasteiger partial charge in [0.05, 0.1) is 15.9 Å². The zero-order chi connectivity index (χ0) is 12.1. The van der Waals surface area contributed by atoms with E-state index in [1.165, 1.54) is 10.2 Å². The van der Waals surface area contributed by atoms with E-state index in [1.54, 1.807) is 0 Å². The van der Waals surface area contributed by atoms with Crippen LogP contribution < -0.4 is 5.73 Å². The van der Waals surface area contributed by atoms with E-state index in [9.17, 15) is 0 Å². The molecule has 4 heteroatoms. The molecule has 0 aromatic carbocycles. The molecule has 0 saturated heterocycles. The maximum absolute atomic E-state index is 5.59. The average molecular weight is 288 g/mol. The molecular formula is C12H22BrN3. The lowest BCUT2D eigenvalue weighted by atomic mass is 10.0. The van der Waals surface area contributed by atoms with Gasteiger partial charge in [0.25, 0.3) is 0 Å². The minimum Gasteiger partial charge on any atom is -0.330 e. The second-order valence-electron chi connectivity index (χ2n) is 4.26. The van der Waals surface area contributed by atoms with E-state index < -0.39 is 0 Å². The Kier molecular flexibility index (Phi) is 5.49. The molecule has 0 fully saturated rings. The van der Waals surface area contributed by atoms with Crippen molar-refractivity contribution in [3.05, 3.63) is 15.9 Å². The minimum absolute atomic E-state index is 0.619. The van der Waals surface area contributed by atoms with Gasteiger partial charge < -0.3 is 5.73 Å². The van der Waals surface area contributed by atoms with Crippen LogP contribution in [0.25, 0.3) is 0 Å². The van der Waals surface area contributed by atoms with Gasteiger partial charge in [0.15, 0.2) is 0 Å². The van der Waals surface area contributed by atoms with Crippen molar-refractivity contribution in [2.45, 2.75) is 46.6 Å². The summed E-state index contributed by atoms with van der Waals surface area (Å²) < 4.78 is 3.30. The van der Waals surface area contributed by atoms with Gasteiger partial charge in [0, 0.05) is 6.54 Å². The monoisotopic (exact) mass is 287 g/mol. The molecule has 0 radical (unpaired) electrons. The van der Waals surface area contributed by atoms with Crippen LogP contribution in [-0.2, 0) is 19.4 Å². The molecule has 0 bridgehead atoms. The third-order valence-corrected chi connectivity index (χ3v) is 3.81. The van der Waals surface area contributed by atoms with Crippen molar-refractivity contribution in [1.29, 1.82) is 0 Å². The molecular weight excluding hydrogens is 266 g/mol. The predicted octanol–water partition coefficient (Wildman–Crippen LogP) is 2.76. The lowest BCUT2D eigenvalue weighted by molar-refractivity contribution is 0.502. The van der Waals surface area contributed by atoms with Crippen LogP contribution in [0.1, 0.15) is 38.6 Å². The van der Waals surface area contributed by atoms with Crippen LogP contribution in [-0.4, -0.2) is 16.3 Å². The summed E-state index contributed by atoms with van der Waals surface area (Å²) in [4.78, 5) is 0. The summed E-state index contributed by atoms with van der Waals surface area (Å²) in [5, 5.41) is 4.60. The molecule has 1 heterocycles. The number of hydrogen-bond donors (Lipinski definition) is 1. The Labute approximate surface area is 107 Å². The summed E-state index contributed by atoms with van der Waals surface area (Å²) in [6.07, 6.45) is 3.10. The first-order valence-electron chi connectivity index (χ1n) is 6.08. The lowest BCUT2D eigenvalue weighted by Crippen LogP contribution is -2.11. The molecule has 1 aromatic rings. The minimum atomic E-state index is 0.619. The second-order valence-corrected chi connectivity index (χ2v) is 5.06. The Morgan fingerprint density at radius 3 is 2.62 bits per heavy atom. The molecule has 1 rings (SSSR count). The molecule has 0 amide bonds. The molecule has 0 spiro atoms. The SMILES string of the molecule is CCc1nn(CC)c(CC(C)CCN)c1Br. The van der Waals surface area contributed by atoms with Gasteiger partial charge in [-0.05, 0) is 54.6 Å². The van der Waals surface area contributed by atoms with E-state index in [-0.39, 0.29) is 0 Å². The van der Waals surface area contributed by atoms with Crippen molar-refractivity contribution in [2.24, 2.45) is 11.7 Å². The van der Waals surface area contributed by atoms with Crippen LogP contribution in [0.15, 0.2) is 4.47 Å². The Morgan fingerprint density at radius 1 is 1.44 bits per heavy atom. The number of rotatable bonds is 6. The standard InChI is InChI=1S/C12H22BrN3/c1-4-10-12(13)11(16(5-2)15-10)8-9(3)6-7-14/h9H,4-8,14H2,1-3H3. The fraction of sp³-hybridized carbons (Fsp3) is 0.750. The molecule has 0 aliphatic carbocycles. The molecule has 92 valence electrons. The van der Waals surface area contributed by atoms with Crippen LogP contribution in [0.2, 0.25) is 0 Å². The highest BCUT2D eigenvalue weighted by Crippen LogP contribution is 2.25. The zero-order valence-corrected chi connectivity index (χ0v) is 12.0. The van der Waals surface area contributed by atoms with Crippen LogP contribution in [0.5, 0.6) is 0 Å². The largest absolute Gasteiger partial charge is 0.330 e. The van der Waals surface area contributed by atoms with Crippen molar-refractivity contribution in [3.8, 4) is 0 Å². The summed E-state index contributed by atoms with van der Waals surface area (Å²) in [5.74, 6) is 0.619. The highest BCUT2D eigenvalue weighted by Gasteiger charge is 2.15. The molecule has 0 aliphatic heterocycles. The van der Waals surface area contributed by atoms with E-state index in [1.807, 2.05) is 0 Å². The average Bonchev–Trinajstić information content (AvgIpc) is 2.56. The van der Waals surface area contributed by atoms with Crippen molar-refractivity contribution in [1.82, 2.24) is 9.78 Å². The summed E-state index contributed by atoms with van der Waals surface area (Å²) in [7, 11) is 0. The van der Waals surface area contributed by atoms with Gasteiger partial charge in [-0.3, -0.25) is 4.68 Å². The normalized spacial score (nSPS) is 13.1. The van der Waals surface area contributed by atoms with E-state index in [2.05, 4.69) is 46.5 Å². The van der Waals surface area contributed by atoms with Crippen molar-refractivity contribution < 1.29 is 0 Å². The highest BCUT2D eigenvalue weighted by atomic mass is 79.9. The van der Waals surface area contributed by atoms with Gasteiger partial charge in [-0.2, -0.15) is 5.10 Å². The summed E-state index contributed by atoms with van der Waals surface area (Å²) in [5.41, 5.74) is 8.07. The van der Waals surface area contributed by atoms with Crippen molar-refractivity contribution in [3.63, 3.8) is 0 Å². The van der Waals surface area contributed by atoms with Gasteiger partial charge in [0.2, 0.25) is 0 Å². The van der Waals surface area contributed by atoms with Gasteiger partial charge in [0.1, 0.15) is 0 Å². The lowest BCUT2D eigenvalue weighted by Gasteiger charge is -2.11. The van der Waals surface area contributed by atoms with Gasteiger partial charge in [-0.15, -0.1) is 0 Å². The van der Waals surface area contributed by atoms with E-state index in [4.69, 9.17) is 5.73 Å². The van der Waals surface area contributed by atoms with Crippen LogP contribution in [0, 0.1) is 5.92 Å². The molecule has 0 aliphatic rings. The van der Waals surface area contributed by atoms with Crippen LogP contribution in [0.4, 0.5) is 0 Å². The fourth-order valence-corrected chi connectivity index (χ4v) is 2.66. The van der Waals surface area contributed by atoms with E-state index in [0.29, 0.717) is 5.92 Å². The van der Waals surface area contributed by atoms with Crippen LogP contribution >= 0.6 is 15.9 Å². The van der Waals surface area contributed by atoms with Crippen molar-refractivity contribution >= 4 is 15.9 Å². The number of aromatic nitrogens is 2. The quantitative estimate of drug-likeness (QED) is 0.874. The number of hydrogen-bond acceptors (Lipinski definition) is 2. The molecule has 1 aromatic heterocycles. The number of nitrogens with zero attached hydrogens (tertiary/aromatic N) is 2. The first-order valence-corrected chi connectivity index (χ1v) is 6.87. The highest BCUT2D eigenvalue weighted by molar-refractivity contribution is 9.10. The number of nitrogens with two attached hydrogens (primary N) is 1. The van der Waals surface area contributed by atoms with E-state index >= 15 is 0 Å². The Bertz CT molecular complexity index is 333. The Morgan fingerprint density at radius 2 is 2.12 bits per heavy atom. The second kappa shape index (κ2) is 6.40. The fourth-order valence-electron chi connectivity index (χ4n) is 1.93. The molecule has 1 unspecified atom stereocenters. The maximum Gasteiger partial charge on any atom is 0.0766 e. The first-order chi connectivity index (χ1) is 7.63. The molecule has 1 atom stereocenters. The summed E-state index contributed by atoms with van der Waals surface area (Å²) >= 11 is 3.67. The number of halogens is 1. The smallest absolute Gasteiger partial charge is 0.0766 e. The molecule has 3 nitrogen and oxygen atoms in total. The molecule has 16 heavy (non-hydrogen) atoms. The van der Waals surface area contributed by atoms with Gasteiger partial charge in [-0.25, -0.2) is 0 Å².